The molecule has 0 saturated heterocycles. The van der Waals surface area contributed by atoms with Crippen molar-refractivity contribution >= 4 is 52.3 Å². The third-order valence-electron chi connectivity index (χ3n) is 4.20. The van der Waals surface area contributed by atoms with E-state index in [-0.39, 0.29) is 5.56 Å². The van der Waals surface area contributed by atoms with Crippen LogP contribution in [-0.4, -0.2) is 23.5 Å². The number of aryl methyl sites for hydroxylation is 1. The molecule has 7 nitrogen and oxygen atoms in total. The van der Waals surface area contributed by atoms with E-state index in [0.717, 1.165) is 0 Å². The first-order valence-electron chi connectivity index (χ1n) is 8.64. The molecule has 30 heavy (non-hydrogen) atoms. The quantitative estimate of drug-likeness (QED) is 0.455. The molecule has 10 heteroatoms. The molecule has 0 bridgehead atoms. The van der Waals surface area contributed by atoms with E-state index >= 15 is 0 Å². The van der Waals surface area contributed by atoms with Crippen molar-refractivity contribution in [1.82, 2.24) is 15.6 Å². The number of nitrogens with zero attached hydrogens (tertiary/aromatic N) is 1. The Labute approximate surface area is 187 Å². The van der Waals surface area contributed by atoms with E-state index in [1.54, 1.807) is 54.2 Å². The van der Waals surface area contributed by atoms with Crippen LogP contribution >= 0.6 is 34.8 Å². The summed E-state index contributed by atoms with van der Waals surface area (Å²) in [4.78, 5) is 29.9. The van der Waals surface area contributed by atoms with E-state index in [2.05, 4.69) is 21.2 Å². The summed E-state index contributed by atoms with van der Waals surface area (Å²) < 4.78 is 1.66. The van der Waals surface area contributed by atoms with E-state index in [4.69, 9.17) is 34.8 Å². The van der Waals surface area contributed by atoms with Crippen molar-refractivity contribution in [3.05, 3.63) is 80.6 Å². The van der Waals surface area contributed by atoms with Gasteiger partial charge in [-0.1, -0.05) is 40.9 Å². The van der Waals surface area contributed by atoms with Crippen LogP contribution in [0.4, 0.5) is 5.69 Å². The molecule has 3 aromatic rings. The largest absolute Gasteiger partial charge is 0.321 e. The minimum absolute atomic E-state index is 0.173. The van der Waals surface area contributed by atoms with Crippen LogP contribution in [0.25, 0.3) is 5.69 Å². The SMILES string of the molecule is CONNC(=O)c1cc(Cl)cc(C)c1NC(=O)c1ccn(-c2c(Cl)cccc2Cl)c1. The highest BCUT2D eigenvalue weighted by atomic mass is 35.5. The summed E-state index contributed by atoms with van der Waals surface area (Å²) in [6.07, 6.45) is 3.27. The molecule has 0 fully saturated rings. The van der Waals surface area contributed by atoms with Gasteiger partial charge in [-0.2, -0.15) is 0 Å². The smallest absolute Gasteiger partial charge is 0.269 e. The molecular formula is C20H17Cl3N4O3. The van der Waals surface area contributed by atoms with Crippen LogP contribution in [0.2, 0.25) is 15.1 Å². The lowest BCUT2D eigenvalue weighted by atomic mass is 10.1. The predicted octanol–water partition coefficient (Wildman–Crippen LogP) is 4.79. The second-order valence-electron chi connectivity index (χ2n) is 6.24. The number of nitrogens with one attached hydrogen (secondary N) is 3. The van der Waals surface area contributed by atoms with Crippen LogP contribution in [0.1, 0.15) is 26.3 Å². The number of carbonyl (C=O) groups is 2. The number of rotatable bonds is 6. The zero-order chi connectivity index (χ0) is 21.8. The highest BCUT2D eigenvalue weighted by molar-refractivity contribution is 6.37. The molecule has 0 radical (unpaired) electrons. The number of aromatic nitrogens is 1. The Morgan fingerprint density at radius 3 is 2.40 bits per heavy atom. The molecule has 2 amide bonds. The Hall–Kier alpha value is -2.55. The minimum Gasteiger partial charge on any atom is -0.321 e. The Bertz CT molecular complexity index is 1090. The minimum atomic E-state index is -0.529. The summed E-state index contributed by atoms with van der Waals surface area (Å²) in [5, 5.41) is 4.02. The summed E-state index contributed by atoms with van der Waals surface area (Å²) in [5.74, 6) is -0.950. The molecule has 2 aromatic carbocycles. The summed E-state index contributed by atoms with van der Waals surface area (Å²) in [7, 11) is 1.35. The first kappa shape index (κ1) is 22.1. The number of carbonyl (C=O) groups excluding carboxylic acids is 2. The number of hydrogen-bond donors (Lipinski definition) is 3. The standard InChI is InChI=1S/C20H17Cl3N4O3/c1-11-8-13(21)9-14(20(29)25-26-30-2)17(11)24-19(28)12-6-7-27(10-12)18-15(22)4-3-5-16(18)23/h3-10,26H,1-2H3,(H,24,28)(H,25,29). The van der Waals surface area contributed by atoms with Crippen molar-refractivity contribution in [3.63, 3.8) is 0 Å². The third kappa shape index (κ3) is 4.77. The van der Waals surface area contributed by atoms with Crippen molar-refractivity contribution in [1.29, 1.82) is 0 Å². The highest BCUT2D eigenvalue weighted by Gasteiger charge is 2.19. The summed E-state index contributed by atoms with van der Waals surface area (Å²) in [6, 6.07) is 9.86. The second kappa shape index (κ2) is 9.51. The number of anilines is 1. The first-order valence-corrected chi connectivity index (χ1v) is 9.77. The molecule has 1 aromatic heterocycles. The fraction of sp³-hybridized carbons (Fsp3) is 0.100. The molecule has 1 heterocycles. The van der Waals surface area contributed by atoms with E-state index in [0.29, 0.717) is 37.6 Å². The van der Waals surface area contributed by atoms with Gasteiger partial charge in [0.15, 0.2) is 0 Å². The molecule has 0 saturated carbocycles. The summed E-state index contributed by atoms with van der Waals surface area (Å²) in [5.41, 5.74) is 6.61. The van der Waals surface area contributed by atoms with Crippen LogP contribution in [0.3, 0.4) is 0 Å². The van der Waals surface area contributed by atoms with Gasteiger partial charge in [0, 0.05) is 17.4 Å². The van der Waals surface area contributed by atoms with Crippen molar-refractivity contribution in [3.8, 4) is 5.69 Å². The van der Waals surface area contributed by atoms with E-state index in [1.165, 1.54) is 13.2 Å². The molecule has 0 aliphatic rings. The first-order chi connectivity index (χ1) is 14.3. The molecule has 0 aliphatic carbocycles. The maximum absolute atomic E-state index is 12.9. The Kier molecular flexibility index (Phi) is 7.02. The average Bonchev–Trinajstić information content (AvgIpc) is 3.17. The van der Waals surface area contributed by atoms with Gasteiger partial charge in [-0.3, -0.25) is 19.9 Å². The maximum atomic E-state index is 12.9. The number of hydrazine groups is 1. The van der Waals surface area contributed by atoms with Crippen molar-refractivity contribution in [2.75, 3.05) is 12.4 Å². The zero-order valence-electron chi connectivity index (χ0n) is 15.9. The predicted molar refractivity (Wildman–Crippen MR) is 118 cm³/mol. The molecule has 0 atom stereocenters. The molecule has 156 valence electrons. The normalized spacial score (nSPS) is 10.7. The van der Waals surface area contributed by atoms with Gasteiger partial charge < -0.3 is 9.88 Å². The maximum Gasteiger partial charge on any atom is 0.269 e. The Morgan fingerprint density at radius 1 is 1.03 bits per heavy atom. The molecule has 0 aliphatic heterocycles. The van der Waals surface area contributed by atoms with Crippen LogP contribution in [0.5, 0.6) is 0 Å². The lowest BCUT2D eigenvalue weighted by Crippen LogP contribution is -2.37. The number of para-hydroxylation sites is 1. The van der Waals surface area contributed by atoms with Crippen LogP contribution in [-0.2, 0) is 4.84 Å². The monoisotopic (exact) mass is 466 g/mol. The summed E-state index contributed by atoms with van der Waals surface area (Å²) in [6.45, 7) is 1.73. The van der Waals surface area contributed by atoms with Crippen molar-refractivity contribution in [2.24, 2.45) is 0 Å². The molecular weight excluding hydrogens is 451 g/mol. The molecule has 0 unspecified atom stereocenters. The van der Waals surface area contributed by atoms with Crippen molar-refractivity contribution in [2.45, 2.75) is 6.92 Å². The van der Waals surface area contributed by atoms with Gasteiger partial charge in [0.1, 0.15) is 0 Å². The van der Waals surface area contributed by atoms with Crippen LogP contribution < -0.4 is 16.3 Å². The molecule has 0 spiro atoms. The fourth-order valence-corrected chi connectivity index (χ4v) is 3.71. The van der Waals surface area contributed by atoms with Gasteiger partial charge in [0.05, 0.1) is 39.7 Å². The number of amides is 2. The second-order valence-corrected chi connectivity index (χ2v) is 7.49. The van der Waals surface area contributed by atoms with E-state index in [1.807, 2.05) is 0 Å². The zero-order valence-corrected chi connectivity index (χ0v) is 18.2. The number of halogens is 3. The third-order valence-corrected chi connectivity index (χ3v) is 5.03. The lowest BCUT2D eigenvalue weighted by Gasteiger charge is -2.14. The number of hydrogen-bond acceptors (Lipinski definition) is 4. The summed E-state index contributed by atoms with van der Waals surface area (Å²) >= 11 is 18.6. The van der Waals surface area contributed by atoms with Crippen molar-refractivity contribution < 1.29 is 14.4 Å². The van der Waals surface area contributed by atoms with Gasteiger partial charge >= 0.3 is 0 Å². The fourth-order valence-electron chi connectivity index (χ4n) is 2.84. The average molecular weight is 468 g/mol. The topological polar surface area (TPSA) is 84.4 Å². The van der Waals surface area contributed by atoms with E-state index in [9.17, 15) is 9.59 Å². The van der Waals surface area contributed by atoms with Gasteiger partial charge in [-0.15, -0.1) is 5.59 Å². The van der Waals surface area contributed by atoms with E-state index < -0.39 is 11.8 Å². The molecule has 3 rings (SSSR count). The van der Waals surface area contributed by atoms with Crippen LogP contribution in [0.15, 0.2) is 48.8 Å². The van der Waals surface area contributed by atoms with Gasteiger partial charge in [-0.25, -0.2) is 0 Å². The number of benzene rings is 2. The Morgan fingerprint density at radius 2 is 1.73 bits per heavy atom. The highest BCUT2D eigenvalue weighted by Crippen LogP contribution is 2.29. The van der Waals surface area contributed by atoms with Gasteiger partial charge in [0.2, 0.25) is 0 Å². The Balaban J connectivity index is 1.90. The van der Waals surface area contributed by atoms with Gasteiger partial charge in [0.25, 0.3) is 11.8 Å². The van der Waals surface area contributed by atoms with Gasteiger partial charge in [-0.05, 0) is 42.8 Å². The van der Waals surface area contributed by atoms with Crippen LogP contribution in [0, 0.1) is 6.92 Å². The molecule has 3 N–H and O–H groups in total. The lowest BCUT2D eigenvalue weighted by molar-refractivity contribution is 0.0459.